The van der Waals surface area contributed by atoms with E-state index in [4.69, 9.17) is 0 Å². The van der Waals surface area contributed by atoms with Gasteiger partial charge in [-0.15, -0.1) is 0 Å². The number of carbonyl (C=O) groups excluding carboxylic acids is 1. The van der Waals surface area contributed by atoms with Gasteiger partial charge < -0.3 is 10.4 Å². The molecule has 0 heterocycles. The van der Waals surface area contributed by atoms with Crippen molar-refractivity contribution in [2.24, 2.45) is 0 Å². The van der Waals surface area contributed by atoms with Gasteiger partial charge in [-0.2, -0.15) is 0 Å². The van der Waals surface area contributed by atoms with Gasteiger partial charge in [-0.25, -0.2) is 4.39 Å². The van der Waals surface area contributed by atoms with Crippen LogP contribution in [0.5, 0.6) is 0 Å². The summed E-state index contributed by atoms with van der Waals surface area (Å²) in [6, 6.07) is 4.68. The van der Waals surface area contributed by atoms with Crippen LogP contribution in [-0.4, -0.2) is 23.2 Å². The fourth-order valence-electron chi connectivity index (χ4n) is 1.82. The Balaban J connectivity index is 2.69. The van der Waals surface area contributed by atoms with Crippen LogP contribution in [0.25, 0.3) is 0 Å². The molecule has 0 spiro atoms. The van der Waals surface area contributed by atoms with Gasteiger partial charge in [-0.1, -0.05) is 25.5 Å². The maximum Gasteiger partial charge on any atom is 0.254 e. The van der Waals surface area contributed by atoms with Crippen LogP contribution in [-0.2, 0) is 0 Å². The zero-order valence-corrected chi connectivity index (χ0v) is 11.1. The number of nitrogens with one attached hydrogen (secondary N) is 1. The van der Waals surface area contributed by atoms with Gasteiger partial charge in [0, 0.05) is 6.54 Å². The van der Waals surface area contributed by atoms with Crippen LogP contribution < -0.4 is 5.32 Å². The molecular formula is C14H20FNO2. The van der Waals surface area contributed by atoms with Crippen LogP contribution in [0.3, 0.4) is 0 Å². The highest BCUT2D eigenvalue weighted by Gasteiger charge is 2.21. The molecule has 0 saturated carbocycles. The van der Waals surface area contributed by atoms with E-state index in [1.165, 1.54) is 6.07 Å². The van der Waals surface area contributed by atoms with E-state index in [1.54, 1.807) is 26.0 Å². The quantitative estimate of drug-likeness (QED) is 0.846. The molecule has 0 aliphatic carbocycles. The normalized spacial score (nSPS) is 14.1. The lowest BCUT2D eigenvalue weighted by molar-refractivity contribution is 0.0468. The summed E-state index contributed by atoms with van der Waals surface area (Å²) in [7, 11) is 0. The summed E-state index contributed by atoms with van der Waals surface area (Å²) in [6.07, 6.45) is 1.41. The minimum atomic E-state index is -0.954. The van der Waals surface area contributed by atoms with Crippen molar-refractivity contribution in [3.8, 4) is 0 Å². The Morgan fingerprint density at radius 2 is 2.17 bits per heavy atom. The standard InChI is InChI=1S/C14H20FNO2/c1-4-8-14(3,18)9-16-13(17)11-7-5-6-10(2)12(11)15/h5-7,18H,4,8-9H2,1-3H3,(H,16,17). The van der Waals surface area contributed by atoms with Crippen molar-refractivity contribution in [2.75, 3.05) is 6.54 Å². The first kappa shape index (κ1) is 14.6. The number of hydrogen-bond donors (Lipinski definition) is 2. The third-order valence-electron chi connectivity index (χ3n) is 2.85. The first-order chi connectivity index (χ1) is 8.37. The minimum Gasteiger partial charge on any atom is -0.388 e. The molecule has 0 aromatic heterocycles. The van der Waals surface area contributed by atoms with Crippen LogP contribution in [0, 0.1) is 12.7 Å². The number of aliphatic hydroxyl groups is 1. The summed E-state index contributed by atoms with van der Waals surface area (Å²) in [5, 5.41) is 12.5. The molecule has 1 aromatic rings. The molecule has 2 N–H and O–H groups in total. The van der Waals surface area contributed by atoms with Crippen LogP contribution >= 0.6 is 0 Å². The first-order valence-electron chi connectivity index (χ1n) is 6.13. The summed E-state index contributed by atoms with van der Waals surface area (Å²) < 4.78 is 13.7. The Morgan fingerprint density at radius 3 is 2.78 bits per heavy atom. The number of hydrogen-bond acceptors (Lipinski definition) is 2. The van der Waals surface area contributed by atoms with E-state index in [0.29, 0.717) is 12.0 Å². The average molecular weight is 253 g/mol. The lowest BCUT2D eigenvalue weighted by Crippen LogP contribution is -2.40. The van der Waals surface area contributed by atoms with Gasteiger partial charge in [0.2, 0.25) is 0 Å². The van der Waals surface area contributed by atoms with E-state index in [9.17, 15) is 14.3 Å². The molecule has 0 bridgehead atoms. The summed E-state index contributed by atoms with van der Waals surface area (Å²) in [6.45, 7) is 5.34. The minimum absolute atomic E-state index is 0.0160. The van der Waals surface area contributed by atoms with Crippen molar-refractivity contribution in [3.05, 3.63) is 35.1 Å². The number of aryl methyl sites for hydroxylation is 1. The number of amides is 1. The van der Waals surface area contributed by atoms with Crippen molar-refractivity contribution in [1.29, 1.82) is 0 Å². The van der Waals surface area contributed by atoms with Crippen molar-refractivity contribution in [3.63, 3.8) is 0 Å². The third-order valence-corrected chi connectivity index (χ3v) is 2.85. The third kappa shape index (κ3) is 3.81. The highest BCUT2D eigenvalue weighted by atomic mass is 19.1. The van der Waals surface area contributed by atoms with E-state index in [2.05, 4.69) is 5.32 Å². The maximum absolute atomic E-state index is 13.7. The highest BCUT2D eigenvalue weighted by molar-refractivity contribution is 5.94. The molecule has 0 fully saturated rings. The lowest BCUT2D eigenvalue weighted by atomic mass is 10.0. The monoisotopic (exact) mass is 253 g/mol. The second-order valence-electron chi connectivity index (χ2n) is 4.87. The number of rotatable bonds is 5. The number of halogens is 1. The molecule has 0 aliphatic heterocycles. The van der Waals surface area contributed by atoms with Crippen molar-refractivity contribution >= 4 is 5.91 Å². The average Bonchev–Trinajstić information content (AvgIpc) is 2.30. The Bertz CT molecular complexity index is 430. The molecule has 1 amide bonds. The van der Waals surface area contributed by atoms with Gasteiger partial charge in [0.05, 0.1) is 11.2 Å². The van der Waals surface area contributed by atoms with Gasteiger partial charge in [0.25, 0.3) is 5.91 Å². The molecular weight excluding hydrogens is 233 g/mol. The largest absolute Gasteiger partial charge is 0.388 e. The Kier molecular flexibility index (Phi) is 4.84. The highest BCUT2D eigenvalue weighted by Crippen LogP contribution is 2.13. The Labute approximate surface area is 107 Å². The SMILES string of the molecule is CCCC(C)(O)CNC(=O)c1cccc(C)c1F. The number of carbonyl (C=O) groups is 1. The maximum atomic E-state index is 13.7. The van der Waals surface area contributed by atoms with Crippen LogP contribution in [0.1, 0.15) is 42.6 Å². The predicted molar refractivity (Wildman–Crippen MR) is 69.0 cm³/mol. The van der Waals surface area contributed by atoms with Crippen LogP contribution in [0.15, 0.2) is 18.2 Å². The Hall–Kier alpha value is -1.42. The molecule has 0 saturated heterocycles. The fraction of sp³-hybridized carbons (Fsp3) is 0.500. The number of benzene rings is 1. The van der Waals surface area contributed by atoms with Crippen molar-refractivity contribution in [2.45, 2.75) is 39.2 Å². The summed E-state index contributed by atoms with van der Waals surface area (Å²) in [4.78, 5) is 11.8. The zero-order chi connectivity index (χ0) is 13.8. The molecule has 4 heteroatoms. The van der Waals surface area contributed by atoms with E-state index < -0.39 is 17.3 Å². The summed E-state index contributed by atoms with van der Waals surface area (Å²) in [5.41, 5.74) is -0.504. The molecule has 1 aromatic carbocycles. The van der Waals surface area contributed by atoms with Crippen molar-refractivity contribution in [1.82, 2.24) is 5.32 Å². The predicted octanol–water partition coefficient (Wildman–Crippen LogP) is 2.42. The molecule has 0 aliphatic rings. The van der Waals surface area contributed by atoms with Gasteiger partial charge in [0.1, 0.15) is 5.82 Å². The summed E-state index contributed by atoms with van der Waals surface area (Å²) >= 11 is 0. The molecule has 3 nitrogen and oxygen atoms in total. The Morgan fingerprint density at radius 1 is 1.50 bits per heavy atom. The van der Waals surface area contributed by atoms with Crippen LogP contribution in [0.2, 0.25) is 0 Å². The van der Waals surface area contributed by atoms with Gasteiger partial charge in [0.15, 0.2) is 0 Å². The lowest BCUT2D eigenvalue weighted by Gasteiger charge is -2.23. The molecule has 1 atom stereocenters. The fourth-order valence-corrected chi connectivity index (χ4v) is 1.82. The topological polar surface area (TPSA) is 49.3 Å². The molecule has 18 heavy (non-hydrogen) atoms. The van der Waals surface area contributed by atoms with E-state index in [1.807, 2.05) is 6.92 Å². The zero-order valence-electron chi connectivity index (χ0n) is 11.1. The molecule has 0 radical (unpaired) electrons. The van der Waals surface area contributed by atoms with Crippen LogP contribution in [0.4, 0.5) is 4.39 Å². The first-order valence-corrected chi connectivity index (χ1v) is 6.13. The second kappa shape index (κ2) is 5.96. The molecule has 100 valence electrons. The molecule has 1 rings (SSSR count). The van der Waals surface area contributed by atoms with Crippen molar-refractivity contribution < 1.29 is 14.3 Å². The van der Waals surface area contributed by atoms with Gasteiger partial charge in [-0.3, -0.25) is 4.79 Å². The van der Waals surface area contributed by atoms with E-state index >= 15 is 0 Å². The summed E-state index contributed by atoms with van der Waals surface area (Å²) in [5.74, 6) is -1.00. The van der Waals surface area contributed by atoms with Gasteiger partial charge in [-0.05, 0) is 31.9 Å². The van der Waals surface area contributed by atoms with E-state index in [-0.39, 0.29) is 12.1 Å². The van der Waals surface area contributed by atoms with E-state index in [0.717, 1.165) is 6.42 Å². The smallest absolute Gasteiger partial charge is 0.254 e. The molecule has 1 unspecified atom stereocenters. The van der Waals surface area contributed by atoms with Gasteiger partial charge >= 0.3 is 0 Å². The second-order valence-corrected chi connectivity index (χ2v) is 4.87.